The lowest BCUT2D eigenvalue weighted by atomic mass is 9.69. The van der Waals surface area contributed by atoms with Crippen LogP contribution in [0.15, 0.2) is 78.9 Å². The van der Waals surface area contributed by atoms with Gasteiger partial charge in [-0.05, 0) is 67.5 Å². The van der Waals surface area contributed by atoms with Crippen LogP contribution in [0.1, 0.15) is 72.9 Å². The van der Waals surface area contributed by atoms with Gasteiger partial charge in [-0.2, -0.15) is 0 Å². The van der Waals surface area contributed by atoms with Gasteiger partial charge in [0.15, 0.2) is 0 Å². The molecule has 2 unspecified atom stereocenters. The maximum absolute atomic E-state index is 14.3. The average molecular weight is 638 g/mol. The molecule has 0 radical (unpaired) electrons. The third kappa shape index (κ3) is 6.44. The van der Waals surface area contributed by atoms with Crippen LogP contribution in [-0.4, -0.2) is 47.5 Å². The first kappa shape index (κ1) is 33.7. The minimum atomic E-state index is -0.464. The monoisotopic (exact) mass is 635 g/mol. The van der Waals surface area contributed by atoms with E-state index in [1.165, 1.54) is 5.56 Å². The highest BCUT2D eigenvalue weighted by atomic mass is 35.5. The number of rotatable bonds is 7. The summed E-state index contributed by atoms with van der Waals surface area (Å²) in [5, 5.41) is 1.12. The lowest BCUT2D eigenvalue weighted by molar-refractivity contribution is -0.101. The van der Waals surface area contributed by atoms with Crippen LogP contribution in [0.4, 0.5) is 0 Å². The largest absolute Gasteiger partial charge is 0.330 e. The summed E-state index contributed by atoms with van der Waals surface area (Å²) < 4.78 is 0. The van der Waals surface area contributed by atoms with Crippen molar-refractivity contribution in [3.8, 4) is 0 Å². The van der Waals surface area contributed by atoms with Crippen LogP contribution >= 0.6 is 48.0 Å². The third-order valence-electron chi connectivity index (χ3n) is 9.17. The molecule has 0 aliphatic carbocycles. The molecule has 2 aliphatic rings. The lowest BCUT2D eigenvalue weighted by Crippen LogP contribution is -2.69. The molecule has 2 heterocycles. The number of benzene rings is 3. The number of piperidine rings is 2. The number of carbonyl (C=O) groups excluding carboxylic acids is 1. The number of likely N-dealkylation sites (tertiary alicyclic amines) is 2. The second-order valence-corrected chi connectivity index (χ2v) is 12.0. The van der Waals surface area contributed by atoms with E-state index >= 15 is 0 Å². The van der Waals surface area contributed by atoms with Gasteiger partial charge >= 0.3 is 0 Å². The highest BCUT2D eigenvalue weighted by Gasteiger charge is 2.54. The summed E-state index contributed by atoms with van der Waals surface area (Å²) in [5.74, 6) is 0.225. The summed E-state index contributed by atoms with van der Waals surface area (Å²) in [6, 6.07) is 26.5. The molecule has 0 bridgehead atoms. The zero-order valence-electron chi connectivity index (χ0n) is 23.6. The van der Waals surface area contributed by atoms with E-state index in [4.69, 9.17) is 28.9 Å². The zero-order chi connectivity index (χ0) is 27.5. The second-order valence-electron chi connectivity index (χ2n) is 11.2. The Morgan fingerprint density at radius 2 is 1.54 bits per heavy atom. The van der Waals surface area contributed by atoms with E-state index in [-0.39, 0.29) is 42.1 Å². The molecule has 0 saturated carbocycles. The fourth-order valence-electron chi connectivity index (χ4n) is 7.19. The van der Waals surface area contributed by atoms with Crippen molar-refractivity contribution in [1.82, 2.24) is 9.80 Å². The lowest BCUT2D eigenvalue weighted by Gasteiger charge is -2.60. The van der Waals surface area contributed by atoms with E-state index in [2.05, 4.69) is 53.1 Å². The average Bonchev–Trinajstić information content (AvgIpc) is 2.99. The maximum Gasteiger partial charge on any atom is 0.255 e. The summed E-state index contributed by atoms with van der Waals surface area (Å²) >= 11 is 12.9. The van der Waals surface area contributed by atoms with Crippen LogP contribution in [0.5, 0.6) is 0 Å². The van der Waals surface area contributed by atoms with Gasteiger partial charge < -0.3 is 10.6 Å². The van der Waals surface area contributed by atoms with E-state index in [9.17, 15) is 4.79 Å². The van der Waals surface area contributed by atoms with Crippen molar-refractivity contribution >= 4 is 53.9 Å². The van der Waals surface area contributed by atoms with Crippen LogP contribution in [0.3, 0.4) is 0 Å². The van der Waals surface area contributed by atoms with Gasteiger partial charge in [0, 0.05) is 43.1 Å². The standard InChI is InChI=1S/C33H39Cl2N3O.2ClH/c1-2-17-33(37-21-18-32(24-36,19-22-37)27-12-7-4-8-13-27)28(26-15-16-29(34)30(35)23-26)14-9-20-38(33)31(39)25-10-5-3-6-11-25;;/h3-8,10-13,15-16,23,28H,2,9,14,17-22,24,36H2,1H3;2*1H. The van der Waals surface area contributed by atoms with Gasteiger partial charge in [-0.1, -0.05) is 91.1 Å². The van der Waals surface area contributed by atoms with Crippen LogP contribution in [-0.2, 0) is 5.41 Å². The van der Waals surface area contributed by atoms with Crippen molar-refractivity contribution in [1.29, 1.82) is 0 Å². The van der Waals surface area contributed by atoms with Gasteiger partial charge in [-0.25, -0.2) is 0 Å². The van der Waals surface area contributed by atoms with E-state index in [1.54, 1.807) is 0 Å². The quantitative estimate of drug-likeness (QED) is 0.284. The van der Waals surface area contributed by atoms with E-state index in [0.29, 0.717) is 16.6 Å². The smallest absolute Gasteiger partial charge is 0.255 e. The number of amides is 1. The molecule has 2 aliphatic heterocycles. The molecule has 2 fully saturated rings. The minimum absolute atomic E-state index is 0. The Kier molecular flexibility index (Phi) is 12.0. The molecule has 222 valence electrons. The summed E-state index contributed by atoms with van der Waals surface area (Å²) in [5.41, 5.74) is 9.18. The molecule has 5 rings (SSSR count). The number of hydrogen-bond donors (Lipinski definition) is 1. The molecule has 3 aromatic rings. The molecule has 2 atom stereocenters. The SMILES string of the molecule is CCCC1(N2CCC(CN)(c3ccccc3)CC2)C(c2ccc(Cl)c(Cl)c2)CCCN1C(=O)c1ccccc1.Cl.Cl. The van der Waals surface area contributed by atoms with Crippen molar-refractivity contribution < 1.29 is 4.79 Å². The molecule has 0 spiro atoms. The molecular weight excluding hydrogens is 596 g/mol. The van der Waals surface area contributed by atoms with Gasteiger partial charge in [0.1, 0.15) is 5.66 Å². The molecule has 1 amide bonds. The Labute approximate surface area is 267 Å². The van der Waals surface area contributed by atoms with Gasteiger partial charge in [0.05, 0.1) is 10.0 Å². The zero-order valence-corrected chi connectivity index (χ0v) is 26.8. The van der Waals surface area contributed by atoms with Gasteiger partial charge in [-0.3, -0.25) is 9.69 Å². The van der Waals surface area contributed by atoms with Crippen LogP contribution in [0.2, 0.25) is 10.0 Å². The predicted molar refractivity (Wildman–Crippen MR) is 176 cm³/mol. The molecule has 0 aromatic heterocycles. The van der Waals surface area contributed by atoms with Crippen molar-refractivity contribution in [2.75, 3.05) is 26.2 Å². The summed E-state index contributed by atoms with van der Waals surface area (Å²) in [7, 11) is 0. The highest BCUT2D eigenvalue weighted by molar-refractivity contribution is 6.42. The van der Waals surface area contributed by atoms with Crippen molar-refractivity contribution in [3.05, 3.63) is 106 Å². The molecule has 4 nitrogen and oxygen atoms in total. The first-order valence-electron chi connectivity index (χ1n) is 14.3. The Morgan fingerprint density at radius 1 is 0.902 bits per heavy atom. The van der Waals surface area contributed by atoms with E-state index in [0.717, 1.165) is 69.3 Å². The van der Waals surface area contributed by atoms with Crippen molar-refractivity contribution in [2.45, 2.75) is 62.4 Å². The fourth-order valence-corrected chi connectivity index (χ4v) is 7.50. The first-order valence-corrected chi connectivity index (χ1v) is 15.0. The normalized spacial score (nSPS) is 22.3. The van der Waals surface area contributed by atoms with Crippen molar-refractivity contribution in [2.24, 2.45) is 5.73 Å². The topological polar surface area (TPSA) is 49.6 Å². The number of nitrogens with zero attached hydrogens (tertiary/aromatic N) is 2. The minimum Gasteiger partial charge on any atom is -0.330 e. The molecular formula is C33H41Cl4N3O. The number of nitrogens with two attached hydrogens (primary N) is 1. The predicted octanol–water partition coefficient (Wildman–Crippen LogP) is 8.35. The number of hydrogen-bond acceptors (Lipinski definition) is 3. The Balaban J connectivity index is 0.00000231. The van der Waals surface area contributed by atoms with Crippen LogP contribution in [0, 0.1) is 0 Å². The Morgan fingerprint density at radius 3 is 2.12 bits per heavy atom. The van der Waals surface area contributed by atoms with Crippen molar-refractivity contribution in [3.63, 3.8) is 0 Å². The second kappa shape index (κ2) is 14.6. The number of carbonyl (C=O) groups is 1. The van der Waals surface area contributed by atoms with E-state index in [1.807, 2.05) is 42.5 Å². The Hall–Kier alpha value is -1.79. The van der Waals surface area contributed by atoms with Gasteiger partial charge in [-0.15, -0.1) is 24.8 Å². The molecule has 3 aromatic carbocycles. The third-order valence-corrected chi connectivity index (χ3v) is 9.91. The fraction of sp³-hybridized carbons (Fsp3) is 0.424. The summed E-state index contributed by atoms with van der Waals surface area (Å²) in [6.45, 7) is 5.34. The van der Waals surface area contributed by atoms with Crippen LogP contribution < -0.4 is 5.73 Å². The Bertz CT molecular complexity index is 1270. The van der Waals surface area contributed by atoms with Crippen LogP contribution in [0.25, 0.3) is 0 Å². The molecule has 2 N–H and O–H groups in total. The first-order chi connectivity index (χ1) is 18.9. The molecule has 8 heteroatoms. The number of halogens is 4. The highest BCUT2D eigenvalue weighted by Crippen LogP contribution is 2.50. The summed E-state index contributed by atoms with van der Waals surface area (Å²) in [6.07, 6.45) is 5.71. The molecule has 2 saturated heterocycles. The van der Waals surface area contributed by atoms with Gasteiger partial charge in [0.2, 0.25) is 0 Å². The molecule has 41 heavy (non-hydrogen) atoms. The summed E-state index contributed by atoms with van der Waals surface area (Å²) in [4.78, 5) is 19.1. The van der Waals surface area contributed by atoms with Gasteiger partial charge in [0.25, 0.3) is 5.91 Å². The van der Waals surface area contributed by atoms with E-state index < -0.39 is 5.66 Å². The maximum atomic E-state index is 14.3.